The highest BCUT2D eigenvalue weighted by Gasteiger charge is 2.30. The van der Waals surface area contributed by atoms with Crippen LogP contribution in [0.3, 0.4) is 0 Å². The van der Waals surface area contributed by atoms with Gasteiger partial charge in [-0.15, -0.1) is 12.4 Å². The summed E-state index contributed by atoms with van der Waals surface area (Å²) in [6.45, 7) is 2.53. The second-order valence-corrected chi connectivity index (χ2v) is 6.65. The van der Waals surface area contributed by atoms with E-state index in [0.29, 0.717) is 49.9 Å². The summed E-state index contributed by atoms with van der Waals surface area (Å²) in [5.41, 5.74) is 1.12. The Morgan fingerprint density at radius 3 is 2.76 bits per heavy atom. The summed E-state index contributed by atoms with van der Waals surface area (Å²) in [4.78, 5) is 30.0. The maximum absolute atomic E-state index is 13.1. The zero-order valence-corrected chi connectivity index (χ0v) is 16.4. The lowest BCUT2D eigenvalue weighted by molar-refractivity contribution is -0.385. The molecule has 2 aliphatic rings. The quantitative estimate of drug-likeness (QED) is 0.594. The summed E-state index contributed by atoms with van der Waals surface area (Å²) < 4.78 is 11.0. The van der Waals surface area contributed by atoms with Gasteiger partial charge in [-0.25, -0.2) is 0 Å². The Hall–Kier alpha value is -2.91. The number of carbonyl (C=O) groups is 1. The van der Waals surface area contributed by atoms with Crippen LogP contribution < -0.4 is 14.8 Å². The molecule has 1 aromatic heterocycles. The molecule has 9 nitrogen and oxygen atoms in total. The van der Waals surface area contributed by atoms with Crippen molar-refractivity contribution in [2.75, 3.05) is 32.8 Å². The molecule has 3 heterocycles. The van der Waals surface area contributed by atoms with Gasteiger partial charge in [-0.3, -0.25) is 19.9 Å². The number of benzene rings is 1. The molecule has 1 atom stereocenters. The highest BCUT2D eigenvalue weighted by atomic mass is 35.5. The van der Waals surface area contributed by atoms with Crippen LogP contribution in [0.1, 0.15) is 17.2 Å². The smallest absolute Gasteiger partial charge is 0.277 e. The number of fused-ring (bicyclic) bond motifs is 1. The Balaban J connectivity index is 0.00000240. The van der Waals surface area contributed by atoms with Crippen molar-refractivity contribution < 1.29 is 19.2 Å². The van der Waals surface area contributed by atoms with Gasteiger partial charge in [0.25, 0.3) is 5.69 Å². The number of hydrogen-bond acceptors (Lipinski definition) is 7. The minimum atomic E-state index is -0.489. The molecule has 0 aliphatic carbocycles. The number of amides is 1. The van der Waals surface area contributed by atoms with E-state index in [4.69, 9.17) is 9.47 Å². The van der Waals surface area contributed by atoms with Crippen molar-refractivity contribution in [1.82, 2.24) is 15.2 Å². The lowest BCUT2D eigenvalue weighted by atomic mass is 10.0. The van der Waals surface area contributed by atoms with Gasteiger partial charge >= 0.3 is 0 Å². The summed E-state index contributed by atoms with van der Waals surface area (Å²) in [7, 11) is 0. The second-order valence-electron chi connectivity index (χ2n) is 6.65. The van der Waals surface area contributed by atoms with Crippen LogP contribution in [-0.2, 0) is 11.2 Å². The van der Waals surface area contributed by atoms with E-state index < -0.39 is 4.92 Å². The first-order chi connectivity index (χ1) is 13.6. The number of nitro benzene ring substituents is 1. The predicted octanol–water partition coefficient (Wildman–Crippen LogP) is 1.90. The van der Waals surface area contributed by atoms with Gasteiger partial charge in [-0.1, -0.05) is 6.07 Å². The van der Waals surface area contributed by atoms with Gasteiger partial charge in [0, 0.05) is 37.6 Å². The zero-order valence-electron chi connectivity index (χ0n) is 15.6. The highest BCUT2D eigenvalue weighted by Crippen LogP contribution is 2.37. The summed E-state index contributed by atoms with van der Waals surface area (Å²) in [5.74, 6) is 0.600. The van der Waals surface area contributed by atoms with E-state index in [1.165, 1.54) is 6.07 Å². The number of aromatic nitrogens is 1. The molecule has 2 aromatic rings. The van der Waals surface area contributed by atoms with Gasteiger partial charge in [0.05, 0.1) is 23.5 Å². The first-order valence-electron chi connectivity index (χ1n) is 9.10. The van der Waals surface area contributed by atoms with Crippen molar-refractivity contribution >= 4 is 24.0 Å². The number of nitrogens with zero attached hydrogens (tertiary/aromatic N) is 3. The van der Waals surface area contributed by atoms with E-state index in [-0.39, 0.29) is 36.5 Å². The molecule has 1 saturated heterocycles. The molecular weight excluding hydrogens is 400 g/mol. The summed E-state index contributed by atoms with van der Waals surface area (Å²) in [6.07, 6.45) is 3.35. The molecule has 0 radical (unpaired) electrons. The average Bonchev–Trinajstić information content (AvgIpc) is 2.73. The molecule has 154 valence electrons. The van der Waals surface area contributed by atoms with Crippen molar-refractivity contribution in [3.05, 3.63) is 57.9 Å². The summed E-state index contributed by atoms with van der Waals surface area (Å²) in [6, 6.07) is 6.49. The first-order valence-corrected chi connectivity index (χ1v) is 9.10. The molecule has 1 amide bonds. The van der Waals surface area contributed by atoms with Crippen LogP contribution in [0.15, 0.2) is 36.7 Å². The monoisotopic (exact) mass is 420 g/mol. The SMILES string of the molecule is Cl.O=C(Cc1cc2c(cc1[N+](=O)[O-])OCCO2)N1CCNCC1c1cccnc1. The fourth-order valence-electron chi connectivity index (χ4n) is 3.57. The second kappa shape index (κ2) is 9.06. The summed E-state index contributed by atoms with van der Waals surface area (Å²) >= 11 is 0. The molecule has 1 unspecified atom stereocenters. The van der Waals surface area contributed by atoms with Gasteiger partial charge in [0.2, 0.25) is 5.91 Å². The number of nitrogens with one attached hydrogen (secondary N) is 1. The number of pyridine rings is 1. The van der Waals surface area contributed by atoms with Crippen molar-refractivity contribution in [3.63, 3.8) is 0 Å². The van der Waals surface area contributed by atoms with Crippen LogP contribution in [0.2, 0.25) is 0 Å². The lowest BCUT2D eigenvalue weighted by Crippen LogP contribution is -2.49. The minimum Gasteiger partial charge on any atom is -0.486 e. The Morgan fingerprint density at radius 1 is 1.31 bits per heavy atom. The standard InChI is InChI=1S/C19H20N4O5.ClH/c24-19(22-5-4-21-12-16(22)13-2-1-3-20-11-13)9-14-8-17-18(28-7-6-27-17)10-15(14)23(25)26;/h1-3,8,10-11,16,21H,4-7,9,12H2;1H. The van der Waals surface area contributed by atoms with Gasteiger partial charge in [-0.2, -0.15) is 0 Å². The number of nitro groups is 1. The number of rotatable bonds is 4. The molecule has 0 spiro atoms. The van der Waals surface area contributed by atoms with Crippen molar-refractivity contribution in [3.8, 4) is 11.5 Å². The Kier molecular flexibility index (Phi) is 6.50. The number of halogens is 1. The minimum absolute atomic E-state index is 0. The number of carbonyl (C=O) groups excluding carboxylic acids is 1. The maximum atomic E-state index is 13.1. The Labute approximate surface area is 173 Å². The zero-order chi connectivity index (χ0) is 19.5. The number of piperazine rings is 1. The predicted molar refractivity (Wildman–Crippen MR) is 107 cm³/mol. The molecule has 1 N–H and O–H groups in total. The van der Waals surface area contributed by atoms with Crippen LogP contribution in [0.4, 0.5) is 5.69 Å². The normalized spacial score (nSPS) is 17.9. The van der Waals surface area contributed by atoms with Crippen LogP contribution in [0, 0.1) is 10.1 Å². The van der Waals surface area contributed by atoms with Crippen LogP contribution in [-0.4, -0.2) is 53.6 Å². The third-order valence-corrected chi connectivity index (χ3v) is 4.91. The molecule has 2 aliphatic heterocycles. The van der Waals surface area contributed by atoms with E-state index in [2.05, 4.69) is 10.3 Å². The van der Waals surface area contributed by atoms with Crippen molar-refractivity contribution in [2.24, 2.45) is 0 Å². The molecule has 1 aromatic carbocycles. The third kappa shape index (κ3) is 4.41. The third-order valence-electron chi connectivity index (χ3n) is 4.91. The molecule has 0 saturated carbocycles. The average molecular weight is 421 g/mol. The number of hydrogen-bond donors (Lipinski definition) is 1. The molecule has 0 bridgehead atoms. The van der Waals surface area contributed by atoms with Gasteiger partial charge in [0.15, 0.2) is 11.5 Å². The maximum Gasteiger partial charge on any atom is 0.277 e. The van der Waals surface area contributed by atoms with Crippen molar-refractivity contribution in [1.29, 1.82) is 0 Å². The molecule has 1 fully saturated rings. The fraction of sp³-hybridized carbons (Fsp3) is 0.368. The van der Waals surface area contributed by atoms with E-state index in [9.17, 15) is 14.9 Å². The van der Waals surface area contributed by atoms with Gasteiger partial charge in [0.1, 0.15) is 13.2 Å². The van der Waals surface area contributed by atoms with E-state index >= 15 is 0 Å². The van der Waals surface area contributed by atoms with Gasteiger partial charge < -0.3 is 19.7 Å². The first kappa shape index (κ1) is 20.8. The van der Waals surface area contributed by atoms with Gasteiger partial charge in [-0.05, 0) is 17.7 Å². The molecule has 10 heteroatoms. The van der Waals surface area contributed by atoms with E-state index in [0.717, 1.165) is 5.56 Å². The largest absolute Gasteiger partial charge is 0.486 e. The number of ether oxygens (including phenoxy) is 2. The Bertz CT molecular complexity index is 896. The van der Waals surface area contributed by atoms with Crippen LogP contribution >= 0.6 is 12.4 Å². The molecule has 4 rings (SSSR count). The van der Waals surface area contributed by atoms with Crippen LogP contribution in [0.5, 0.6) is 11.5 Å². The molecular formula is C19H21ClN4O5. The van der Waals surface area contributed by atoms with E-state index in [1.54, 1.807) is 23.4 Å². The molecule has 29 heavy (non-hydrogen) atoms. The lowest BCUT2D eigenvalue weighted by Gasteiger charge is -2.36. The Morgan fingerprint density at radius 2 is 2.07 bits per heavy atom. The van der Waals surface area contributed by atoms with E-state index in [1.807, 2.05) is 12.1 Å². The topological polar surface area (TPSA) is 107 Å². The van der Waals surface area contributed by atoms with Crippen LogP contribution in [0.25, 0.3) is 0 Å². The van der Waals surface area contributed by atoms with Crippen molar-refractivity contribution in [2.45, 2.75) is 12.5 Å². The fourth-order valence-corrected chi connectivity index (χ4v) is 3.57. The summed E-state index contributed by atoms with van der Waals surface area (Å²) in [5, 5.41) is 14.8. The highest BCUT2D eigenvalue weighted by molar-refractivity contribution is 5.85.